The molecule has 1 aliphatic rings. The predicted octanol–water partition coefficient (Wildman–Crippen LogP) is 2.58. The van der Waals surface area contributed by atoms with E-state index in [1.807, 2.05) is 13.0 Å². The van der Waals surface area contributed by atoms with Crippen molar-refractivity contribution in [1.82, 2.24) is 5.32 Å². The Balaban J connectivity index is 1.90. The number of nitrogens with two attached hydrogens (primary N) is 1. The lowest BCUT2D eigenvalue weighted by molar-refractivity contribution is 0.319. The van der Waals surface area contributed by atoms with E-state index in [0.29, 0.717) is 24.9 Å². The zero-order valence-electron chi connectivity index (χ0n) is 11.5. The average molecular weight is 266 g/mol. The molecule has 1 fully saturated rings. The van der Waals surface area contributed by atoms with Crippen LogP contribution in [0.5, 0.6) is 5.75 Å². The second-order valence-corrected chi connectivity index (χ2v) is 5.13. The molecule has 0 aliphatic heterocycles. The van der Waals surface area contributed by atoms with Crippen LogP contribution in [-0.4, -0.2) is 18.7 Å². The molecular weight excluding hydrogens is 243 g/mol. The van der Waals surface area contributed by atoms with Crippen molar-refractivity contribution in [3.63, 3.8) is 0 Å². The van der Waals surface area contributed by atoms with Crippen LogP contribution < -0.4 is 15.8 Å². The van der Waals surface area contributed by atoms with Gasteiger partial charge < -0.3 is 15.8 Å². The number of hydrogen-bond acceptors (Lipinski definition) is 3. The first-order chi connectivity index (χ1) is 9.20. The van der Waals surface area contributed by atoms with E-state index in [1.54, 1.807) is 6.07 Å². The van der Waals surface area contributed by atoms with Gasteiger partial charge in [0, 0.05) is 18.6 Å². The van der Waals surface area contributed by atoms with Crippen LogP contribution in [0.1, 0.15) is 38.2 Å². The van der Waals surface area contributed by atoms with Gasteiger partial charge in [-0.05, 0) is 37.5 Å². The highest BCUT2D eigenvalue weighted by atomic mass is 19.1. The fraction of sp³-hybridized carbons (Fsp3) is 0.600. The fourth-order valence-corrected chi connectivity index (χ4v) is 2.59. The summed E-state index contributed by atoms with van der Waals surface area (Å²) >= 11 is 0. The van der Waals surface area contributed by atoms with Gasteiger partial charge in [-0.15, -0.1) is 0 Å². The molecule has 0 aromatic heterocycles. The first-order valence-corrected chi connectivity index (χ1v) is 7.11. The summed E-state index contributed by atoms with van der Waals surface area (Å²) in [4.78, 5) is 0. The van der Waals surface area contributed by atoms with Crippen LogP contribution in [0, 0.1) is 5.82 Å². The molecule has 0 radical (unpaired) electrons. The number of rotatable bonds is 5. The summed E-state index contributed by atoms with van der Waals surface area (Å²) in [6, 6.07) is 5.70. The molecule has 0 bridgehead atoms. The normalized spacial score (nSPS) is 23.3. The summed E-state index contributed by atoms with van der Waals surface area (Å²) in [5.74, 6) is 0.0229. The molecule has 0 saturated heterocycles. The zero-order valence-corrected chi connectivity index (χ0v) is 11.5. The largest absolute Gasteiger partial charge is 0.491 e. The van der Waals surface area contributed by atoms with E-state index in [9.17, 15) is 4.39 Å². The maximum Gasteiger partial charge on any atom is 0.165 e. The molecule has 3 nitrogen and oxygen atoms in total. The molecule has 0 heterocycles. The Morgan fingerprint density at radius 2 is 2.16 bits per heavy atom. The molecule has 106 valence electrons. The highest BCUT2D eigenvalue weighted by Crippen LogP contribution is 2.20. The van der Waals surface area contributed by atoms with Gasteiger partial charge >= 0.3 is 0 Å². The van der Waals surface area contributed by atoms with Gasteiger partial charge in [-0.1, -0.05) is 18.9 Å². The van der Waals surface area contributed by atoms with Gasteiger partial charge in [-0.2, -0.15) is 0 Å². The van der Waals surface area contributed by atoms with Gasteiger partial charge in [0.2, 0.25) is 0 Å². The zero-order chi connectivity index (χ0) is 13.7. The third-order valence-corrected chi connectivity index (χ3v) is 3.68. The van der Waals surface area contributed by atoms with E-state index in [4.69, 9.17) is 10.5 Å². The van der Waals surface area contributed by atoms with E-state index >= 15 is 0 Å². The average Bonchev–Trinajstić information content (AvgIpc) is 2.41. The Bertz CT molecular complexity index is 411. The smallest absolute Gasteiger partial charge is 0.165 e. The van der Waals surface area contributed by atoms with Gasteiger partial charge in [0.05, 0.1) is 6.61 Å². The number of nitrogens with one attached hydrogen (secondary N) is 1. The van der Waals surface area contributed by atoms with Gasteiger partial charge in [-0.25, -0.2) is 4.39 Å². The minimum Gasteiger partial charge on any atom is -0.491 e. The molecule has 0 spiro atoms. The summed E-state index contributed by atoms with van der Waals surface area (Å²) in [6.07, 6.45) is 4.63. The third-order valence-electron chi connectivity index (χ3n) is 3.68. The molecule has 19 heavy (non-hydrogen) atoms. The number of ether oxygens (including phenoxy) is 1. The Morgan fingerprint density at radius 3 is 2.84 bits per heavy atom. The van der Waals surface area contributed by atoms with Crippen LogP contribution in [0.3, 0.4) is 0 Å². The van der Waals surface area contributed by atoms with Crippen molar-refractivity contribution in [3.05, 3.63) is 29.6 Å². The Labute approximate surface area is 114 Å². The molecule has 2 atom stereocenters. The standard InChI is InChI=1S/C15H23FN2O/c1-2-19-15-8-7-11(9-12(15)16)10-18-14-6-4-3-5-13(14)17/h7-9,13-14,18H,2-6,10,17H2,1H3. The van der Waals surface area contributed by atoms with Crippen molar-refractivity contribution in [2.45, 2.75) is 51.2 Å². The molecule has 2 unspecified atom stereocenters. The van der Waals surface area contributed by atoms with Gasteiger partial charge in [0.25, 0.3) is 0 Å². The molecule has 1 aliphatic carbocycles. The molecule has 1 saturated carbocycles. The maximum absolute atomic E-state index is 13.7. The summed E-state index contributed by atoms with van der Waals surface area (Å²) in [6.45, 7) is 2.98. The molecule has 1 aromatic carbocycles. The lowest BCUT2D eigenvalue weighted by atomic mass is 9.91. The predicted molar refractivity (Wildman–Crippen MR) is 74.6 cm³/mol. The Morgan fingerprint density at radius 1 is 1.37 bits per heavy atom. The fourth-order valence-electron chi connectivity index (χ4n) is 2.59. The molecule has 4 heteroatoms. The van der Waals surface area contributed by atoms with E-state index in [-0.39, 0.29) is 11.9 Å². The summed E-state index contributed by atoms with van der Waals surface area (Å²) in [5.41, 5.74) is 7.01. The van der Waals surface area contributed by atoms with E-state index in [2.05, 4.69) is 5.32 Å². The lowest BCUT2D eigenvalue weighted by Crippen LogP contribution is -2.46. The van der Waals surface area contributed by atoms with Crippen LogP contribution >= 0.6 is 0 Å². The Hall–Kier alpha value is -1.13. The second-order valence-electron chi connectivity index (χ2n) is 5.13. The first-order valence-electron chi connectivity index (χ1n) is 7.11. The van der Waals surface area contributed by atoms with E-state index in [0.717, 1.165) is 18.4 Å². The SMILES string of the molecule is CCOc1ccc(CNC2CCCCC2N)cc1F. The van der Waals surface area contributed by atoms with Crippen LogP contribution in [0.2, 0.25) is 0 Å². The molecule has 1 aromatic rings. The molecule has 2 rings (SSSR count). The highest BCUT2D eigenvalue weighted by molar-refractivity contribution is 5.29. The summed E-state index contributed by atoms with van der Waals surface area (Å²) in [5, 5.41) is 3.43. The van der Waals surface area contributed by atoms with Crippen LogP contribution in [0.25, 0.3) is 0 Å². The van der Waals surface area contributed by atoms with Crippen LogP contribution in [0.4, 0.5) is 4.39 Å². The third kappa shape index (κ3) is 3.91. The van der Waals surface area contributed by atoms with Gasteiger partial charge in [-0.3, -0.25) is 0 Å². The van der Waals surface area contributed by atoms with E-state index in [1.165, 1.54) is 18.9 Å². The maximum atomic E-state index is 13.7. The minimum atomic E-state index is -0.297. The van der Waals surface area contributed by atoms with Crippen molar-refractivity contribution in [2.24, 2.45) is 5.73 Å². The van der Waals surface area contributed by atoms with Crippen molar-refractivity contribution in [2.75, 3.05) is 6.61 Å². The number of hydrogen-bond donors (Lipinski definition) is 2. The van der Waals surface area contributed by atoms with Crippen LogP contribution in [0.15, 0.2) is 18.2 Å². The van der Waals surface area contributed by atoms with Crippen molar-refractivity contribution >= 4 is 0 Å². The molecule has 0 amide bonds. The summed E-state index contributed by atoms with van der Waals surface area (Å²) < 4.78 is 18.9. The Kier molecular flexibility index (Phi) is 5.16. The van der Waals surface area contributed by atoms with Gasteiger partial charge in [0.1, 0.15) is 0 Å². The highest BCUT2D eigenvalue weighted by Gasteiger charge is 2.20. The molecular formula is C15H23FN2O. The summed E-state index contributed by atoms with van der Waals surface area (Å²) in [7, 11) is 0. The van der Waals surface area contributed by atoms with Crippen molar-refractivity contribution in [3.8, 4) is 5.75 Å². The second kappa shape index (κ2) is 6.87. The lowest BCUT2D eigenvalue weighted by Gasteiger charge is -2.29. The van der Waals surface area contributed by atoms with E-state index < -0.39 is 0 Å². The quantitative estimate of drug-likeness (QED) is 0.861. The monoisotopic (exact) mass is 266 g/mol. The number of benzene rings is 1. The minimum absolute atomic E-state index is 0.223. The van der Waals surface area contributed by atoms with Crippen LogP contribution in [-0.2, 0) is 6.54 Å². The molecule has 3 N–H and O–H groups in total. The topological polar surface area (TPSA) is 47.3 Å². The van der Waals surface area contributed by atoms with Gasteiger partial charge in [0.15, 0.2) is 11.6 Å². The number of halogens is 1. The first kappa shape index (κ1) is 14.3. The van der Waals surface area contributed by atoms with Crippen molar-refractivity contribution < 1.29 is 9.13 Å². The van der Waals surface area contributed by atoms with Crippen molar-refractivity contribution in [1.29, 1.82) is 0 Å².